The third-order valence-electron chi connectivity index (χ3n) is 3.80. The van der Waals surface area contributed by atoms with Gasteiger partial charge in [-0.3, -0.25) is 4.57 Å². The first-order valence-corrected chi connectivity index (χ1v) is 7.36. The molecule has 0 spiro atoms. The Hall–Kier alpha value is -1.50. The van der Waals surface area contributed by atoms with Crippen molar-refractivity contribution in [2.75, 3.05) is 13.1 Å². The minimum atomic E-state index is -0.131. The number of piperidine rings is 1. The first-order chi connectivity index (χ1) is 9.74. The zero-order chi connectivity index (χ0) is 13.9. The molecule has 1 aliphatic heterocycles. The van der Waals surface area contributed by atoms with Crippen LogP contribution < -0.4 is 4.90 Å². The normalized spacial score (nSPS) is 22.9. The molecule has 0 saturated carbocycles. The molecule has 1 saturated heterocycles. The van der Waals surface area contributed by atoms with Crippen molar-refractivity contribution in [3.8, 4) is 5.69 Å². The van der Waals surface area contributed by atoms with Crippen molar-refractivity contribution < 1.29 is 10.0 Å². The van der Waals surface area contributed by atoms with Gasteiger partial charge in [0.2, 0.25) is 4.77 Å². The standard InChI is InChI=1S/C14H18N4OS/c19-13-6-8-16(9-7-13)11-18-14(20)17(10-15-18)12-4-2-1-3-5-12/h1-5,10,13,19H,6-9,11H2/p+1. The smallest absolute Gasteiger partial charge is 0.207 e. The molecule has 1 fully saturated rings. The van der Waals surface area contributed by atoms with E-state index in [0.29, 0.717) is 0 Å². The Bertz CT molecular complexity index is 614. The van der Waals surface area contributed by atoms with Crippen LogP contribution in [0.5, 0.6) is 0 Å². The van der Waals surface area contributed by atoms with Crippen molar-refractivity contribution in [3.63, 3.8) is 0 Å². The second-order valence-corrected chi connectivity index (χ2v) is 5.62. The minimum Gasteiger partial charge on any atom is -0.393 e. The zero-order valence-corrected chi connectivity index (χ0v) is 12.1. The van der Waals surface area contributed by atoms with Crippen molar-refractivity contribution in [2.45, 2.75) is 25.6 Å². The Morgan fingerprint density at radius 1 is 1.25 bits per heavy atom. The summed E-state index contributed by atoms with van der Waals surface area (Å²) in [6.07, 6.45) is 3.37. The Balaban J connectivity index is 1.76. The maximum atomic E-state index is 9.54. The fraction of sp³-hybridized carbons (Fsp3) is 0.429. The van der Waals surface area contributed by atoms with Gasteiger partial charge in [0.15, 0.2) is 6.67 Å². The molecular weight excluding hydrogens is 272 g/mol. The Kier molecular flexibility index (Phi) is 3.95. The molecule has 6 heteroatoms. The average molecular weight is 291 g/mol. The number of nitrogens with one attached hydrogen (secondary N) is 1. The van der Waals surface area contributed by atoms with Crippen LogP contribution in [0.4, 0.5) is 0 Å². The summed E-state index contributed by atoms with van der Waals surface area (Å²) in [5, 5.41) is 13.9. The summed E-state index contributed by atoms with van der Waals surface area (Å²) in [7, 11) is 0. The fourth-order valence-corrected chi connectivity index (χ4v) is 2.86. The molecule has 20 heavy (non-hydrogen) atoms. The maximum Gasteiger partial charge on any atom is 0.207 e. The minimum absolute atomic E-state index is 0.131. The van der Waals surface area contributed by atoms with Gasteiger partial charge in [-0.1, -0.05) is 18.2 Å². The third kappa shape index (κ3) is 2.82. The molecule has 0 aliphatic carbocycles. The number of likely N-dealkylation sites (tertiary alicyclic amines) is 1. The van der Waals surface area contributed by atoms with E-state index >= 15 is 0 Å². The number of hydrogen-bond acceptors (Lipinski definition) is 3. The van der Waals surface area contributed by atoms with Gasteiger partial charge < -0.3 is 10.0 Å². The predicted molar refractivity (Wildman–Crippen MR) is 78.3 cm³/mol. The number of benzene rings is 1. The van der Waals surface area contributed by atoms with Crippen molar-refractivity contribution in [3.05, 3.63) is 41.4 Å². The Morgan fingerprint density at radius 3 is 2.65 bits per heavy atom. The number of hydrogen-bond donors (Lipinski definition) is 2. The number of aromatic nitrogens is 3. The third-order valence-corrected chi connectivity index (χ3v) is 4.21. The van der Waals surface area contributed by atoms with Crippen LogP contribution in [-0.2, 0) is 6.67 Å². The van der Waals surface area contributed by atoms with E-state index in [1.807, 2.05) is 39.6 Å². The van der Waals surface area contributed by atoms with Crippen LogP contribution in [0.25, 0.3) is 5.69 Å². The van der Waals surface area contributed by atoms with Gasteiger partial charge in [-0.2, -0.15) is 9.78 Å². The molecule has 106 valence electrons. The number of quaternary nitrogens is 1. The first kappa shape index (κ1) is 13.5. The van der Waals surface area contributed by atoms with Crippen LogP contribution in [0, 0.1) is 4.77 Å². The van der Waals surface area contributed by atoms with Gasteiger partial charge >= 0.3 is 0 Å². The van der Waals surface area contributed by atoms with E-state index < -0.39 is 0 Å². The van der Waals surface area contributed by atoms with Crippen LogP contribution >= 0.6 is 12.2 Å². The summed E-state index contributed by atoms with van der Waals surface area (Å²) in [5.74, 6) is 0. The summed E-state index contributed by atoms with van der Waals surface area (Å²) in [6.45, 7) is 2.72. The highest BCUT2D eigenvalue weighted by atomic mass is 32.1. The van der Waals surface area contributed by atoms with Crippen LogP contribution in [0.15, 0.2) is 36.7 Å². The zero-order valence-electron chi connectivity index (χ0n) is 11.3. The maximum absolute atomic E-state index is 9.54. The molecule has 0 amide bonds. The van der Waals surface area contributed by atoms with Gasteiger partial charge in [0.1, 0.15) is 6.33 Å². The summed E-state index contributed by atoms with van der Waals surface area (Å²) < 4.78 is 4.51. The van der Waals surface area contributed by atoms with E-state index in [0.717, 1.165) is 43.1 Å². The van der Waals surface area contributed by atoms with E-state index in [1.54, 1.807) is 6.33 Å². The number of aliphatic hydroxyl groups is 1. The second-order valence-electron chi connectivity index (χ2n) is 5.26. The largest absolute Gasteiger partial charge is 0.393 e. The quantitative estimate of drug-likeness (QED) is 0.805. The van der Waals surface area contributed by atoms with Crippen LogP contribution in [-0.4, -0.2) is 38.6 Å². The average Bonchev–Trinajstić information content (AvgIpc) is 2.84. The van der Waals surface area contributed by atoms with Crippen molar-refractivity contribution in [1.82, 2.24) is 14.3 Å². The van der Waals surface area contributed by atoms with Crippen LogP contribution in [0.2, 0.25) is 0 Å². The van der Waals surface area contributed by atoms with Gasteiger partial charge in [0, 0.05) is 18.5 Å². The highest BCUT2D eigenvalue weighted by Crippen LogP contribution is 2.07. The molecule has 1 aromatic heterocycles. The molecule has 0 atom stereocenters. The molecule has 2 aromatic rings. The fourth-order valence-electron chi connectivity index (χ4n) is 2.59. The lowest BCUT2D eigenvalue weighted by Gasteiger charge is -2.26. The van der Waals surface area contributed by atoms with E-state index in [4.69, 9.17) is 12.2 Å². The van der Waals surface area contributed by atoms with E-state index in [1.165, 1.54) is 4.90 Å². The first-order valence-electron chi connectivity index (χ1n) is 6.95. The second kappa shape index (κ2) is 5.87. The van der Waals surface area contributed by atoms with E-state index in [9.17, 15) is 5.11 Å². The van der Waals surface area contributed by atoms with Gasteiger partial charge in [0.25, 0.3) is 0 Å². The van der Waals surface area contributed by atoms with Gasteiger partial charge in [-0.25, -0.2) is 0 Å². The van der Waals surface area contributed by atoms with Crippen molar-refractivity contribution in [2.24, 2.45) is 0 Å². The highest BCUT2D eigenvalue weighted by Gasteiger charge is 2.21. The summed E-state index contributed by atoms with van der Waals surface area (Å²) in [5.41, 5.74) is 1.04. The molecule has 0 bridgehead atoms. The molecule has 1 aliphatic rings. The highest BCUT2D eigenvalue weighted by molar-refractivity contribution is 7.71. The number of aliphatic hydroxyl groups excluding tert-OH is 1. The lowest BCUT2D eigenvalue weighted by Crippen LogP contribution is -3.12. The molecule has 5 nitrogen and oxygen atoms in total. The molecule has 0 radical (unpaired) electrons. The summed E-state index contributed by atoms with van der Waals surface area (Å²) in [4.78, 5) is 1.42. The van der Waals surface area contributed by atoms with Crippen LogP contribution in [0.3, 0.4) is 0 Å². The SMILES string of the molecule is OC1CC[NH+](Cn2ncn(-c3ccccc3)c2=S)CC1. The Morgan fingerprint density at radius 2 is 1.95 bits per heavy atom. The number of rotatable bonds is 3. The number of nitrogens with zero attached hydrogens (tertiary/aromatic N) is 3. The van der Waals surface area contributed by atoms with Crippen molar-refractivity contribution >= 4 is 12.2 Å². The molecule has 1 aromatic carbocycles. The molecule has 2 heterocycles. The Labute approximate surface area is 123 Å². The predicted octanol–water partition coefficient (Wildman–Crippen LogP) is 0.400. The van der Waals surface area contributed by atoms with Crippen molar-refractivity contribution in [1.29, 1.82) is 0 Å². The van der Waals surface area contributed by atoms with E-state index in [-0.39, 0.29) is 6.10 Å². The van der Waals surface area contributed by atoms with E-state index in [2.05, 4.69) is 5.10 Å². The van der Waals surface area contributed by atoms with Gasteiger partial charge in [0.05, 0.1) is 19.2 Å². The molecular formula is C14H19N4OS+. The lowest BCUT2D eigenvalue weighted by molar-refractivity contribution is -0.929. The van der Waals surface area contributed by atoms with Gasteiger partial charge in [-0.05, 0) is 24.4 Å². The monoisotopic (exact) mass is 291 g/mol. The molecule has 2 N–H and O–H groups in total. The number of para-hydroxylation sites is 1. The molecule has 0 unspecified atom stereocenters. The topological polar surface area (TPSA) is 47.4 Å². The summed E-state index contributed by atoms with van der Waals surface area (Å²) >= 11 is 5.50. The molecule has 3 rings (SSSR count). The summed E-state index contributed by atoms with van der Waals surface area (Å²) in [6, 6.07) is 10.0. The van der Waals surface area contributed by atoms with Gasteiger partial charge in [-0.15, -0.1) is 0 Å². The van der Waals surface area contributed by atoms with Crippen LogP contribution in [0.1, 0.15) is 12.8 Å². The lowest BCUT2D eigenvalue weighted by atomic mass is 10.1.